The second kappa shape index (κ2) is 9.55. The Morgan fingerprint density at radius 3 is 2.87 bits per heavy atom. The molecule has 162 valence electrons. The molecule has 1 N–H and O–H groups in total. The summed E-state index contributed by atoms with van der Waals surface area (Å²) >= 11 is 0. The van der Waals surface area contributed by atoms with E-state index in [-0.39, 0.29) is 24.3 Å². The van der Waals surface area contributed by atoms with Gasteiger partial charge in [-0.25, -0.2) is 0 Å². The minimum Gasteiger partial charge on any atom is -0.352 e. The molecule has 0 saturated carbocycles. The summed E-state index contributed by atoms with van der Waals surface area (Å²) in [6.07, 6.45) is 3.91. The lowest BCUT2D eigenvalue weighted by atomic mass is 10.2. The molecule has 1 unspecified atom stereocenters. The highest BCUT2D eigenvalue weighted by Gasteiger charge is 2.35. The zero-order chi connectivity index (χ0) is 21.6. The van der Waals surface area contributed by atoms with Crippen molar-refractivity contribution in [1.82, 2.24) is 30.1 Å². The minimum atomic E-state index is -0.225. The number of aryl methyl sites for hydroxylation is 2. The molecule has 3 heterocycles. The van der Waals surface area contributed by atoms with Crippen molar-refractivity contribution in [2.75, 3.05) is 6.54 Å². The van der Waals surface area contributed by atoms with Gasteiger partial charge >= 0.3 is 0 Å². The number of amides is 2. The van der Waals surface area contributed by atoms with Crippen LogP contribution in [-0.4, -0.2) is 43.2 Å². The largest absolute Gasteiger partial charge is 0.352 e. The summed E-state index contributed by atoms with van der Waals surface area (Å²) in [6.45, 7) is 3.71. The normalized spacial score (nSPS) is 15.9. The number of benzene rings is 1. The fourth-order valence-corrected chi connectivity index (χ4v) is 3.80. The first-order valence-electron chi connectivity index (χ1n) is 10.6. The molecule has 9 nitrogen and oxygen atoms in total. The lowest BCUT2D eigenvalue weighted by Crippen LogP contribution is -2.32. The fourth-order valence-electron chi connectivity index (χ4n) is 3.80. The van der Waals surface area contributed by atoms with E-state index in [0.29, 0.717) is 43.5 Å². The SMILES string of the molecule is CCn1nccc1C(=O)N1CCCC1c1noc(CCC(=O)NCc2ccccc2)n1. The molecule has 1 aliphatic rings. The van der Waals surface area contributed by atoms with E-state index in [4.69, 9.17) is 4.52 Å². The zero-order valence-corrected chi connectivity index (χ0v) is 17.5. The Morgan fingerprint density at radius 2 is 2.06 bits per heavy atom. The zero-order valence-electron chi connectivity index (χ0n) is 17.5. The van der Waals surface area contributed by atoms with E-state index in [1.54, 1.807) is 21.8 Å². The molecule has 1 saturated heterocycles. The first kappa shape index (κ1) is 20.8. The highest BCUT2D eigenvalue weighted by atomic mass is 16.5. The van der Waals surface area contributed by atoms with Crippen molar-refractivity contribution < 1.29 is 14.1 Å². The average Bonchev–Trinajstić information content (AvgIpc) is 3.56. The summed E-state index contributed by atoms with van der Waals surface area (Å²) < 4.78 is 7.05. The number of hydrogen-bond donors (Lipinski definition) is 1. The fraction of sp³-hybridized carbons (Fsp3) is 0.409. The molecule has 2 aromatic heterocycles. The van der Waals surface area contributed by atoms with Crippen molar-refractivity contribution in [3.05, 3.63) is 65.6 Å². The van der Waals surface area contributed by atoms with Crippen molar-refractivity contribution >= 4 is 11.8 Å². The van der Waals surface area contributed by atoms with Crippen molar-refractivity contribution in [3.8, 4) is 0 Å². The Labute approximate surface area is 180 Å². The maximum Gasteiger partial charge on any atom is 0.272 e. The van der Waals surface area contributed by atoms with Crippen LogP contribution in [0.3, 0.4) is 0 Å². The second-order valence-electron chi connectivity index (χ2n) is 7.50. The van der Waals surface area contributed by atoms with E-state index in [0.717, 1.165) is 18.4 Å². The van der Waals surface area contributed by atoms with Gasteiger partial charge in [-0.15, -0.1) is 0 Å². The van der Waals surface area contributed by atoms with E-state index < -0.39 is 0 Å². The van der Waals surface area contributed by atoms with Crippen LogP contribution in [0.5, 0.6) is 0 Å². The van der Waals surface area contributed by atoms with Crippen LogP contribution in [0, 0.1) is 0 Å². The van der Waals surface area contributed by atoms with Gasteiger partial charge < -0.3 is 14.7 Å². The molecule has 3 aromatic rings. The van der Waals surface area contributed by atoms with E-state index in [1.807, 2.05) is 37.3 Å². The lowest BCUT2D eigenvalue weighted by Gasteiger charge is -2.22. The van der Waals surface area contributed by atoms with Gasteiger partial charge in [0.05, 0.1) is 6.04 Å². The number of rotatable bonds is 8. The summed E-state index contributed by atoms with van der Waals surface area (Å²) in [6, 6.07) is 11.3. The molecule has 1 aliphatic heterocycles. The maximum atomic E-state index is 13.0. The standard InChI is InChI=1S/C22H26N6O3/c1-2-28-18(12-13-24-28)22(30)27-14-6-9-17(27)21-25-20(31-26-21)11-10-19(29)23-15-16-7-4-3-5-8-16/h3-5,7-8,12-13,17H,2,6,9-11,14-15H2,1H3,(H,23,29). The van der Waals surface area contributed by atoms with Crippen LogP contribution in [0.4, 0.5) is 0 Å². The van der Waals surface area contributed by atoms with Gasteiger partial charge in [0, 0.05) is 38.7 Å². The van der Waals surface area contributed by atoms with Crippen molar-refractivity contribution in [3.63, 3.8) is 0 Å². The van der Waals surface area contributed by atoms with Gasteiger partial charge in [0.1, 0.15) is 5.69 Å². The van der Waals surface area contributed by atoms with Gasteiger partial charge in [0.15, 0.2) is 5.82 Å². The van der Waals surface area contributed by atoms with E-state index >= 15 is 0 Å². The number of nitrogens with one attached hydrogen (secondary N) is 1. The predicted octanol–water partition coefficient (Wildman–Crippen LogP) is 2.51. The Bertz CT molecular complexity index is 1030. The third-order valence-electron chi connectivity index (χ3n) is 5.43. The van der Waals surface area contributed by atoms with Crippen LogP contribution in [0.1, 0.15) is 60.0 Å². The highest BCUT2D eigenvalue weighted by Crippen LogP contribution is 2.31. The maximum absolute atomic E-state index is 13.0. The van der Waals surface area contributed by atoms with Crippen LogP contribution in [0.15, 0.2) is 47.1 Å². The van der Waals surface area contributed by atoms with E-state index in [2.05, 4.69) is 20.6 Å². The lowest BCUT2D eigenvalue weighted by molar-refractivity contribution is -0.121. The topological polar surface area (TPSA) is 106 Å². The summed E-state index contributed by atoms with van der Waals surface area (Å²) in [4.78, 5) is 31.4. The number of nitrogens with zero attached hydrogens (tertiary/aromatic N) is 5. The van der Waals surface area contributed by atoms with Crippen LogP contribution in [0.2, 0.25) is 0 Å². The molecule has 31 heavy (non-hydrogen) atoms. The van der Waals surface area contributed by atoms with Crippen molar-refractivity contribution in [2.45, 2.75) is 51.7 Å². The molecular weight excluding hydrogens is 396 g/mol. The number of likely N-dealkylation sites (tertiary alicyclic amines) is 1. The second-order valence-corrected chi connectivity index (χ2v) is 7.50. The van der Waals surface area contributed by atoms with E-state index in [9.17, 15) is 9.59 Å². The molecule has 1 fully saturated rings. The number of carbonyl (C=O) groups excluding carboxylic acids is 2. The Hall–Kier alpha value is -3.49. The van der Waals surface area contributed by atoms with Gasteiger partial charge in [-0.3, -0.25) is 14.3 Å². The summed E-state index contributed by atoms with van der Waals surface area (Å²) in [5.74, 6) is 0.749. The Morgan fingerprint density at radius 1 is 1.23 bits per heavy atom. The van der Waals surface area contributed by atoms with Gasteiger partial charge in [-0.05, 0) is 31.4 Å². The molecule has 1 atom stereocenters. The monoisotopic (exact) mass is 422 g/mol. The summed E-state index contributed by atoms with van der Waals surface area (Å²) in [5.41, 5.74) is 1.61. The van der Waals surface area contributed by atoms with Gasteiger partial charge in [-0.1, -0.05) is 35.5 Å². The Kier molecular flexibility index (Phi) is 6.40. The number of carbonyl (C=O) groups is 2. The average molecular weight is 422 g/mol. The highest BCUT2D eigenvalue weighted by molar-refractivity contribution is 5.93. The Balaban J connectivity index is 1.33. The van der Waals surface area contributed by atoms with Gasteiger partial charge in [0.25, 0.3) is 5.91 Å². The molecule has 0 radical (unpaired) electrons. The molecule has 0 bridgehead atoms. The van der Waals surface area contributed by atoms with Crippen LogP contribution >= 0.6 is 0 Å². The molecule has 0 spiro atoms. The molecule has 1 aromatic carbocycles. The number of aromatic nitrogens is 4. The van der Waals surface area contributed by atoms with Gasteiger partial charge in [0.2, 0.25) is 11.8 Å². The number of hydrogen-bond acceptors (Lipinski definition) is 6. The van der Waals surface area contributed by atoms with Crippen molar-refractivity contribution in [2.24, 2.45) is 0 Å². The first-order chi connectivity index (χ1) is 15.2. The van der Waals surface area contributed by atoms with Crippen molar-refractivity contribution in [1.29, 1.82) is 0 Å². The first-order valence-corrected chi connectivity index (χ1v) is 10.6. The summed E-state index contributed by atoms with van der Waals surface area (Å²) in [7, 11) is 0. The molecule has 2 amide bonds. The third-order valence-corrected chi connectivity index (χ3v) is 5.43. The predicted molar refractivity (Wildman–Crippen MR) is 112 cm³/mol. The smallest absolute Gasteiger partial charge is 0.272 e. The van der Waals surface area contributed by atoms with Crippen LogP contribution < -0.4 is 5.32 Å². The van der Waals surface area contributed by atoms with Crippen LogP contribution in [0.25, 0.3) is 0 Å². The van der Waals surface area contributed by atoms with Gasteiger partial charge in [-0.2, -0.15) is 10.1 Å². The molecule has 0 aliphatic carbocycles. The molecule has 9 heteroatoms. The molecular formula is C22H26N6O3. The molecule has 4 rings (SSSR count). The van der Waals surface area contributed by atoms with E-state index in [1.165, 1.54) is 0 Å². The quantitative estimate of drug-likeness (QED) is 0.598. The third kappa shape index (κ3) is 4.82. The summed E-state index contributed by atoms with van der Waals surface area (Å²) in [5, 5.41) is 11.2. The van der Waals surface area contributed by atoms with Crippen LogP contribution in [-0.2, 0) is 24.3 Å². The minimum absolute atomic E-state index is 0.0749.